The molecule has 5 aromatic rings. The van der Waals surface area contributed by atoms with Crippen molar-refractivity contribution in [1.29, 1.82) is 0 Å². The maximum Gasteiger partial charge on any atom is 0.183 e. The number of rotatable bonds is 7. The van der Waals surface area contributed by atoms with E-state index < -0.39 is 0 Å². The van der Waals surface area contributed by atoms with Crippen LogP contribution in [0.5, 0.6) is 5.75 Å². The standard InChI is InChI=1S/C23H21Cl2N7O/c1-32-23-21(30-31-32)22(28-20(29-23)9-13-3-4-15(24)10-18(13)25)26-8-7-14-12-27-19-6-5-16(33-2)11-17(14)19/h3-6,10-12,27H,7-9H2,1-2H3,(H,26,28,29). The van der Waals surface area contributed by atoms with Gasteiger partial charge in [-0.25, -0.2) is 14.6 Å². The molecule has 5 rings (SSSR count). The zero-order valence-electron chi connectivity index (χ0n) is 18.1. The monoisotopic (exact) mass is 481 g/mol. The van der Waals surface area contributed by atoms with Crippen molar-refractivity contribution >= 4 is 51.1 Å². The maximum atomic E-state index is 6.36. The Morgan fingerprint density at radius 2 is 1.97 bits per heavy atom. The quantitative estimate of drug-likeness (QED) is 0.346. The van der Waals surface area contributed by atoms with Crippen LogP contribution < -0.4 is 10.1 Å². The van der Waals surface area contributed by atoms with Gasteiger partial charge in [0, 0.05) is 47.2 Å². The number of hydrogen-bond donors (Lipinski definition) is 2. The number of H-pyrrole nitrogens is 1. The first-order chi connectivity index (χ1) is 16.0. The molecular weight excluding hydrogens is 461 g/mol. The summed E-state index contributed by atoms with van der Waals surface area (Å²) in [6.45, 7) is 0.661. The number of nitrogens with zero attached hydrogens (tertiary/aromatic N) is 5. The van der Waals surface area contributed by atoms with Gasteiger partial charge in [0.2, 0.25) is 0 Å². The van der Waals surface area contributed by atoms with E-state index in [1.165, 1.54) is 5.56 Å². The molecule has 10 heteroatoms. The summed E-state index contributed by atoms with van der Waals surface area (Å²) in [4.78, 5) is 12.7. The number of aryl methyl sites for hydroxylation is 1. The van der Waals surface area contributed by atoms with E-state index in [-0.39, 0.29) is 0 Å². The molecule has 168 valence electrons. The van der Waals surface area contributed by atoms with Gasteiger partial charge in [-0.05, 0) is 47.9 Å². The number of ether oxygens (including phenoxy) is 1. The lowest BCUT2D eigenvalue weighted by Crippen LogP contribution is -2.10. The molecule has 0 radical (unpaired) electrons. The van der Waals surface area contributed by atoms with E-state index in [4.69, 9.17) is 32.9 Å². The van der Waals surface area contributed by atoms with E-state index in [9.17, 15) is 0 Å². The molecule has 33 heavy (non-hydrogen) atoms. The van der Waals surface area contributed by atoms with Crippen molar-refractivity contribution in [2.24, 2.45) is 7.05 Å². The van der Waals surface area contributed by atoms with Gasteiger partial charge in [0.05, 0.1) is 7.11 Å². The van der Waals surface area contributed by atoms with Crippen LogP contribution >= 0.6 is 23.2 Å². The Morgan fingerprint density at radius 1 is 1.09 bits per heavy atom. The second-order valence-electron chi connectivity index (χ2n) is 7.69. The molecule has 0 aliphatic rings. The number of nitrogens with one attached hydrogen (secondary N) is 2. The molecule has 0 atom stereocenters. The van der Waals surface area contributed by atoms with Gasteiger partial charge in [0.1, 0.15) is 11.6 Å². The highest BCUT2D eigenvalue weighted by atomic mass is 35.5. The van der Waals surface area contributed by atoms with Crippen LogP contribution in [0.25, 0.3) is 22.1 Å². The fraction of sp³-hybridized carbons (Fsp3) is 0.217. The highest BCUT2D eigenvalue weighted by molar-refractivity contribution is 6.35. The van der Waals surface area contributed by atoms with Crippen molar-refractivity contribution in [2.45, 2.75) is 12.8 Å². The predicted molar refractivity (Wildman–Crippen MR) is 130 cm³/mol. The van der Waals surface area contributed by atoms with E-state index in [0.29, 0.717) is 45.8 Å². The Balaban J connectivity index is 1.39. The van der Waals surface area contributed by atoms with E-state index in [1.54, 1.807) is 17.9 Å². The number of benzene rings is 2. The minimum Gasteiger partial charge on any atom is -0.497 e. The van der Waals surface area contributed by atoms with Crippen molar-refractivity contribution in [2.75, 3.05) is 19.0 Å². The summed E-state index contributed by atoms with van der Waals surface area (Å²) in [7, 11) is 3.48. The van der Waals surface area contributed by atoms with E-state index in [2.05, 4.69) is 25.6 Å². The second kappa shape index (κ2) is 8.88. The Morgan fingerprint density at radius 3 is 2.79 bits per heavy atom. The van der Waals surface area contributed by atoms with Gasteiger partial charge in [-0.2, -0.15) is 0 Å². The summed E-state index contributed by atoms with van der Waals surface area (Å²) in [5.41, 5.74) is 4.45. The number of fused-ring (bicyclic) bond motifs is 2. The predicted octanol–water partition coefficient (Wildman–Crippen LogP) is 4.80. The molecule has 3 heterocycles. The fourth-order valence-electron chi connectivity index (χ4n) is 3.80. The molecule has 0 unspecified atom stereocenters. The third-order valence-electron chi connectivity index (χ3n) is 5.52. The molecule has 0 spiro atoms. The van der Waals surface area contributed by atoms with Crippen LogP contribution in [0, 0.1) is 0 Å². The summed E-state index contributed by atoms with van der Waals surface area (Å²) in [6.07, 6.45) is 3.28. The Hall–Kier alpha value is -3.36. The third-order valence-corrected chi connectivity index (χ3v) is 6.11. The molecule has 0 aliphatic carbocycles. The third kappa shape index (κ3) is 4.31. The summed E-state index contributed by atoms with van der Waals surface area (Å²) in [6, 6.07) is 11.4. The molecule has 0 saturated heterocycles. The molecular formula is C23H21Cl2N7O. The van der Waals surface area contributed by atoms with Crippen molar-refractivity contribution in [1.82, 2.24) is 29.9 Å². The number of aromatic amines is 1. The van der Waals surface area contributed by atoms with Gasteiger partial charge in [-0.1, -0.05) is 34.5 Å². The fourth-order valence-corrected chi connectivity index (χ4v) is 4.28. The van der Waals surface area contributed by atoms with Gasteiger partial charge >= 0.3 is 0 Å². The zero-order valence-corrected chi connectivity index (χ0v) is 19.6. The van der Waals surface area contributed by atoms with Crippen LogP contribution in [0.1, 0.15) is 17.0 Å². The van der Waals surface area contributed by atoms with Gasteiger partial charge in [0.15, 0.2) is 17.0 Å². The van der Waals surface area contributed by atoms with Crippen LogP contribution in [-0.2, 0) is 19.9 Å². The highest BCUT2D eigenvalue weighted by Gasteiger charge is 2.15. The first kappa shape index (κ1) is 21.5. The van der Waals surface area contributed by atoms with Crippen LogP contribution in [0.4, 0.5) is 5.82 Å². The molecule has 3 aromatic heterocycles. The van der Waals surface area contributed by atoms with Crippen LogP contribution in [-0.4, -0.2) is 43.6 Å². The van der Waals surface area contributed by atoms with Crippen LogP contribution in [0.2, 0.25) is 10.0 Å². The largest absolute Gasteiger partial charge is 0.497 e. The van der Waals surface area contributed by atoms with Gasteiger partial charge in [-0.3, -0.25) is 0 Å². The zero-order chi connectivity index (χ0) is 22.9. The number of aromatic nitrogens is 6. The summed E-state index contributed by atoms with van der Waals surface area (Å²) in [5, 5.41) is 14.1. The lowest BCUT2D eigenvalue weighted by atomic mass is 10.1. The summed E-state index contributed by atoms with van der Waals surface area (Å²) < 4.78 is 7.01. The van der Waals surface area contributed by atoms with Crippen molar-refractivity contribution < 1.29 is 4.74 Å². The molecule has 8 nitrogen and oxygen atoms in total. The van der Waals surface area contributed by atoms with Crippen LogP contribution in [0.15, 0.2) is 42.6 Å². The summed E-state index contributed by atoms with van der Waals surface area (Å²) >= 11 is 12.4. The molecule has 2 aromatic carbocycles. The maximum absolute atomic E-state index is 6.36. The second-order valence-corrected chi connectivity index (χ2v) is 8.53. The smallest absolute Gasteiger partial charge is 0.183 e. The summed E-state index contributed by atoms with van der Waals surface area (Å²) in [5.74, 6) is 2.10. The minimum absolute atomic E-state index is 0.466. The SMILES string of the molecule is COc1ccc2[nH]cc(CCNc3nc(Cc4ccc(Cl)cc4Cl)nc4c3nnn4C)c2c1. The van der Waals surface area contributed by atoms with Crippen molar-refractivity contribution in [3.8, 4) is 5.75 Å². The molecule has 0 amide bonds. The average molecular weight is 482 g/mol. The van der Waals surface area contributed by atoms with E-state index in [1.807, 2.05) is 43.6 Å². The normalized spacial score (nSPS) is 11.4. The topological polar surface area (TPSA) is 93.5 Å². The first-order valence-electron chi connectivity index (χ1n) is 10.4. The molecule has 0 fully saturated rings. The average Bonchev–Trinajstić information content (AvgIpc) is 3.39. The first-order valence-corrected chi connectivity index (χ1v) is 11.2. The molecule has 0 saturated carbocycles. The lowest BCUT2D eigenvalue weighted by Gasteiger charge is -2.09. The van der Waals surface area contributed by atoms with E-state index in [0.717, 1.165) is 28.6 Å². The number of halogens is 2. The Kier molecular flexibility index (Phi) is 5.78. The van der Waals surface area contributed by atoms with Crippen molar-refractivity contribution in [3.63, 3.8) is 0 Å². The molecule has 2 N–H and O–H groups in total. The Bertz CT molecular complexity index is 1460. The van der Waals surface area contributed by atoms with E-state index >= 15 is 0 Å². The van der Waals surface area contributed by atoms with Crippen LogP contribution in [0.3, 0.4) is 0 Å². The number of hydrogen-bond acceptors (Lipinski definition) is 6. The molecule has 0 bridgehead atoms. The lowest BCUT2D eigenvalue weighted by molar-refractivity contribution is 0.415. The minimum atomic E-state index is 0.466. The molecule has 0 aliphatic heterocycles. The Labute approximate surface area is 199 Å². The van der Waals surface area contributed by atoms with Gasteiger partial charge < -0.3 is 15.0 Å². The van der Waals surface area contributed by atoms with Gasteiger partial charge in [-0.15, -0.1) is 5.10 Å². The van der Waals surface area contributed by atoms with Gasteiger partial charge in [0.25, 0.3) is 0 Å². The highest BCUT2D eigenvalue weighted by Crippen LogP contribution is 2.26. The number of anilines is 1. The van der Waals surface area contributed by atoms with Crippen molar-refractivity contribution in [3.05, 3.63) is 69.6 Å². The number of methoxy groups -OCH3 is 1.